The molecule has 14 heavy (non-hydrogen) atoms. The highest BCUT2D eigenvalue weighted by molar-refractivity contribution is 6.00. The van der Waals surface area contributed by atoms with E-state index in [0.717, 1.165) is 18.8 Å². The molecule has 0 aromatic heterocycles. The van der Waals surface area contributed by atoms with Crippen LogP contribution in [0.2, 0.25) is 0 Å². The summed E-state index contributed by atoms with van der Waals surface area (Å²) >= 11 is 0. The lowest BCUT2D eigenvalue weighted by atomic mass is 10.1. The number of nitrogens with zero attached hydrogens (tertiary/aromatic N) is 1. The second-order valence-electron chi connectivity index (χ2n) is 3.88. The Bertz CT molecular complexity index is 355. The zero-order valence-corrected chi connectivity index (χ0v) is 8.75. The molecule has 74 valence electrons. The average molecular weight is 188 g/mol. The fourth-order valence-electron chi connectivity index (χ4n) is 1.72. The molecular formula is C12H16N2. The van der Waals surface area contributed by atoms with Crippen molar-refractivity contribution in [3.63, 3.8) is 0 Å². The number of rotatable bonds is 1. The van der Waals surface area contributed by atoms with Gasteiger partial charge in [-0.3, -0.25) is 4.99 Å². The van der Waals surface area contributed by atoms with Crippen molar-refractivity contribution in [1.29, 1.82) is 0 Å². The summed E-state index contributed by atoms with van der Waals surface area (Å²) < 4.78 is 0. The van der Waals surface area contributed by atoms with E-state index in [1.165, 1.54) is 11.1 Å². The van der Waals surface area contributed by atoms with Gasteiger partial charge in [-0.1, -0.05) is 24.3 Å². The maximum absolute atomic E-state index is 4.52. The second-order valence-corrected chi connectivity index (χ2v) is 3.88. The monoisotopic (exact) mass is 188 g/mol. The van der Waals surface area contributed by atoms with Gasteiger partial charge >= 0.3 is 0 Å². The molecule has 1 N–H and O–H groups in total. The van der Waals surface area contributed by atoms with Crippen molar-refractivity contribution in [3.05, 3.63) is 35.4 Å². The molecule has 2 rings (SSSR count). The van der Waals surface area contributed by atoms with Crippen molar-refractivity contribution in [3.8, 4) is 0 Å². The largest absolute Gasteiger partial charge is 0.367 e. The number of hydrogen-bond donors (Lipinski definition) is 1. The third kappa shape index (κ3) is 1.79. The Labute approximate surface area is 85.1 Å². The van der Waals surface area contributed by atoms with E-state index >= 15 is 0 Å². The zero-order chi connectivity index (χ0) is 9.97. The third-order valence-corrected chi connectivity index (χ3v) is 2.62. The predicted molar refractivity (Wildman–Crippen MR) is 59.8 cm³/mol. The lowest BCUT2D eigenvalue weighted by molar-refractivity contribution is 0.588. The Hall–Kier alpha value is -1.31. The van der Waals surface area contributed by atoms with Gasteiger partial charge in [-0.2, -0.15) is 0 Å². The summed E-state index contributed by atoms with van der Waals surface area (Å²) in [6, 6.07) is 8.91. The van der Waals surface area contributed by atoms with Crippen LogP contribution in [-0.4, -0.2) is 18.4 Å². The predicted octanol–water partition coefficient (Wildman–Crippen LogP) is 2.12. The van der Waals surface area contributed by atoms with Crippen LogP contribution in [0.4, 0.5) is 0 Å². The number of aliphatic imine (C=N–C) groups is 1. The summed E-state index contributed by atoms with van der Waals surface area (Å²) in [6.07, 6.45) is 1.13. The van der Waals surface area contributed by atoms with Gasteiger partial charge in [0.2, 0.25) is 0 Å². The number of benzene rings is 1. The first kappa shape index (κ1) is 9.25. The summed E-state index contributed by atoms with van der Waals surface area (Å²) in [7, 11) is 0. The molecule has 0 unspecified atom stereocenters. The fraction of sp³-hybridized carbons (Fsp3) is 0.417. The number of nitrogens with one attached hydrogen (secondary N) is 1. The van der Waals surface area contributed by atoms with E-state index in [1.54, 1.807) is 0 Å². The highest BCUT2D eigenvalue weighted by Crippen LogP contribution is 2.11. The molecule has 1 atom stereocenters. The summed E-state index contributed by atoms with van der Waals surface area (Å²) in [4.78, 5) is 4.52. The van der Waals surface area contributed by atoms with Crippen LogP contribution in [0.15, 0.2) is 29.3 Å². The third-order valence-electron chi connectivity index (χ3n) is 2.62. The van der Waals surface area contributed by atoms with Gasteiger partial charge in [-0.25, -0.2) is 0 Å². The minimum atomic E-state index is 0.544. The molecule has 0 amide bonds. The standard InChI is InChI=1S/C12H16N2/c1-9-5-3-4-6-11(9)12-13-8-7-10(2)14-12/h3-6,10H,7-8H2,1-2H3,(H,13,14)/t10-/m0/s1. The number of amidine groups is 1. The molecule has 0 saturated heterocycles. The molecule has 0 radical (unpaired) electrons. The van der Waals surface area contributed by atoms with E-state index in [4.69, 9.17) is 0 Å². The Morgan fingerprint density at radius 1 is 1.36 bits per heavy atom. The quantitative estimate of drug-likeness (QED) is 0.717. The van der Waals surface area contributed by atoms with Crippen LogP contribution in [0.3, 0.4) is 0 Å². The smallest absolute Gasteiger partial charge is 0.128 e. The first-order valence-electron chi connectivity index (χ1n) is 5.14. The van der Waals surface area contributed by atoms with Crippen LogP contribution in [-0.2, 0) is 0 Å². The van der Waals surface area contributed by atoms with Crippen LogP contribution >= 0.6 is 0 Å². The molecule has 0 fully saturated rings. The second kappa shape index (κ2) is 3.82. The average Bonchev–Trinajstić information content (AvgIpc) is 2.18. The Morgan fingerprint density at radius 2 is 2.14 bits per heavy atom. The lowest BCUT2D eigenvalue weighted by Gasteiger charge is -2.22. The van der Waals surface area contributed by atoms with E-state index in [1.807, 2.05) is 0 Å². The van der Waals surface area contributed by atoms with Gasteiger partial charge in [0.25, 0.3) is 0 Å². The minimum Gasteiger partial charge on any atom is -0.367 e. The van der Waals surface area contributed by atoms with E-state index in [2.05, 4.69) is 48.4 Å². The van der Waals surface area contributed by atoms with Gasteiger partial charge in [-0.15, -0.1) is 0 Å². The van der Waals surface area contributed by atoms with E-state index in [0.29, 0.717) is 6.04 Å². The first-order chi connectivity index (χ1) is 6.77. The molecule has 1 aliphatic rings. The summed E-state index contributed by atoms with van der Waals surface area (Å²) in [5.41, 5.74) is 2.52. The molecule has 1 heterocycles. The minimum absolute atomic E-state index is 0.544. The van der Waals surface area contributed by atoms with Gasteiger partial charge in [0.15, 0.2) is 0 Å². The summed E-state index contributed by atoms with van der Waals surface area (Å²) in [5.74, 6) is 1.06. The van der Waals surface area contributed by atoms with Gasteiger partial charge in [0, 0.05) is 18.2 Å². The Balaban J connectivity index is 2.31. The molecule has 2 nitrogen and oxygen atoms in total. The molecule has 0 bridgehead atoms. The number of hydrogen-bond acceptors (Lipinski definition) is 2. The molecule has 2 heteroatoms. The van der Waals surface area contributed by atoms with Gasteiger partial charge < -0.3 is 5.32 Å². The van der Waals surface area contributed by atoms with Crippen LogP contribution in [0.1, 0.15) is 24.5 Å². The van der Waals surface area contributed by atoms with Crippen LogP contribution in [0, 0.1) is 6.92 Å². The molecule has 1 aliphatic heterocycles. The highest BCUT2D eigenvalue weighted by Gasteiger charge is 2.13. The van der Waals surface area contributed by atoms with Gasteiger partial charge in [0.05, 0.1) is 0 Å². The number of aryl methyl sites for hydroxylation is 1. The lowest BCUT2D eigenvalue weighted by Crippen LogP contribution is -2.37. The van der Waals surface area contributed by atoms with Crippen LogP contribution < -0.4 is 5.32 Å². The van der Waals surface area contributed by atoms with Crippen LogP contribution in [0.25, 0.3) is 0 Å². The molecule has 1 aromatic rings. The molecule has 0 saturated carbocycles. The van der Waals surface area contributed by atoms with Crippen molar-refractivity contribution >= 4 is 5.84 Å². The highest BCUT2D eigenvalue weighted by atomic mass is 15.0. The van der Waals surface area contributed by atoms with Crippen molar-refractivity contribution in [2.45, 2.75) is 26.3 Å². The first-order valence-corrected chi connectivity index (χ1v) is 5.14. The molecule has 0 spiro atoms. The van der Waals surface area contributed by atoms with Gasteiger partial charge in [0.1, 0.15) is 5.84 Å². The van der Waals surface area contributed by atoms with Crippen molar-refractivity contribution in [2.75, 3.05) is 6.54 Å². The van der Waals surface area contributed by atoms with Gasteiger partial charge in [-0.05, 0) is 25.8 Å². The van der Waals surface area contributed by atoms with E-state index < -0.39 is 0 Å². The van der Waals surface area contributed by atoms with Crippen molar-refractivity contribution in [2.24, 2.45) is 4.99 Å². The SMILES string of the molecule is Cc1ccccc1C1=NCC[C@H](C)N1. The topological polar surface area (TPSA) is 24.4 Å². The Morgan fingerprint density at radius 3 is 2.86 bits per heavy atom. The maximum Gasteiger partial charge on any atom is 0.128 e. The molecular weight excluding hydrogens is 172 g/mol. The zero-order valence-electron chi connectivity index (χ0n) is 8.75. The maximum atomic E-state index is 4.52. The summed E-state index contributed by atoms with van der Waals surface area (Å²) in [5, 5.41) is 3.42. The van der Waals surface area contributed by atoms with Crippen molar-refractivity contribution < 1.29 is 0 Å². The fourth-order valence-corrected chi connectivity index (χ4v) is 1.72. The molecule has 0 aliphatic carbocycles. The summed E-state index contributed by atoms with van der Waals surface area (Å²) in [6.45, 7) is 5.27. The Kier molecular flexibility index (Phi) is 2.53. The van der Waals surface area contributed by atoms with E-state index in [-0.39, 0.29) is 0 Å². The molecule has 1 aromatic carbocycles. The normalized spacial score (nSPS) is 21.3. The van der Waals surface area contributed by atoms with Crippen molar-refractivity contribution in [1.82, 2.24) is 5.32 Å². The van der Waals surface area contributed by atoms with E-state index in [9.17, 15) is 0 Å². The van der Waals surface area contributed by atoms with Crippen LogP contribution in [0.5, 0.6) is 0 Å².